The second-order valence-corrected chi connectivity index (χ2v) is 2.74. The zero-order chi connectivity index (χ0) is 12.0. The zero-order valence-corrected chi connectivity index (χ0v) is 7.98. The van der Waals surface area contributed by atoms with Crippen molar-refractivity contribution in [2.75, 3.05) is 13.7 Å². The van der Waals surface area contributed by atoms with E-state index in [0.717, 1.165) is 7.11 Å². The molecule has 0 saturated heterocycles. The van der Waals surface area contributed by atoms with Crippen LogP contribution in [0, 0.1) is 0 Å². The van der Waals surface area contributed by atoms with E-state index in [0.29, 0.717) is 0 Å². The van der Waals surface area contributed by atoms with Gasteiger partial charge in [-0.2, -0.15) is 4.89 Å². The molecule has 8 nitrogen and oxygen atoms in total. The van der Waals surface area contributed by atoms with Crippen LogP contribution in [-0.4, -0.2) is 69.6 Å². The number of hydrogen-bond acceptors (Lipinski definition) is 8. The molecule has 0 aromatic rings. The highest BCUT2D eigenvalue weighted by Gasteiger charge is 2.35. The highest BCUT2D eigenvalue weighted by molar-refractivity contribution is 5.74. The normalized spacial score (nSPS) is 19.1. The van der Waals surface area contributed by atoms with Crippen LogP contribution >= 0.6 is 0 Å². The van der Waals surface area contributed by atoms with E-state index in [4.69, 9.17) is 25.5 Å². The molecule has 0 unspecified atom stereocenters. The maximum atomic E-state index is 10.8. The largest absolute Gasteiger partial charge is 0.394 e. The number of aliphatic hydroxyl groups is 5. The van der Waals surface area contributed by atoms with Gasteiger partial charge < -0.3 is 25.5 Å². The summed E-state index contributed by atoms with van der Waals surface area (Å²) in [5, 5.41) is 44.7. The van der Waals surface area contributed by atoms with Gasteiger partial charge in [-0.25, -0.2) is 4.79 Å². The summed E-state index contributed by atoms with van der Waals surface area (Å²) >= 11 is 0. The van der Waals surface area contributed by atoms with Crippen LogP contribution in [0.15, 0.2) is 0 Å². The third-order valence-electron chi connectivity index (χ3n) is 1.66. The van der Waals surface area contributed by atoms with Gasteiger partial charge in [0.1, 0.15) is 18.3 Å². The fraction of sp³-hybridized carbons (Fsp3) is 0.857. The van der Waals surface area contributed by atoms with Gasteiger partial charge >= 0.3 is 5.97 Å². The van der Waals surface area contributed by atoms with Crippen molar-refractivity contribution in [3.63, 3.8) is 0 Å². The van der Waals surface area contributed by atoms with Crippen LogP contribution in [-0.2, 0) is 14.6 Å². The standard InChI is InChI=1S/C7H14O8/c1-14-15-7(13)6(12)5(11)4(10)3(9)2-8/h3-6,8-12H,2H2,1H3/t3-,4-,5+,6-/m1/s1. The molecule has 0 saturated carbocycles. The van der Waals surface area contributed by atoms with Crippen molar-refractivity contribution in [1.29, 1.82) is 0 Å². The minimum Gasteiger partial charge on any atom is -0.394 e. The molecule has 4 atom stereocenters. The van der Waals surface area contributed by atoms with Gasteiger partial charge in [-0.3, -0.25) is 4.89 Å². The Morgan fingerprint density at radius 1 is 1.20 bits per heavy atom. The third kappa shape index (κ3) is 4.08. The Morgan fingerprint density at radius 2 is 1.73 bits per heavy atom. The summed E-state index contributed by atoms with van der Waals surface area (Å²) in [4.78, 5) is 18.6. The van der Waals surface area contributed by atoms with E-state index in [-0.39, 0.29) is 0 Å². The first kappa shape index (κ1) is 14.2. The number of carbonyl (C=O) groups is 1. The molecule has 0 aliphatic rings. The molecule has 0 spiro atoms. The van der Waals surface area contributed by atoms with Crippen LogP contribution in [0.4, 0.5) is 0 Å². The Hall–Kier alpha value is -0.770. The van der Waals surface area contributed by atoms with Gasteiger partial charge in [0, 0.05) is 0 Å². The van der Waals surface area contributed by atoms with E-state index >= 15 is 0 Å². The summed E-state index contributed by atoms with van der Waals surface area (Å²) in [6, 6.07) is 0. The highest BCUT2D eigenvalue weighted by Crippen LogP contribution is 2.06. The van der Waals surface area contributed by atoms with Crippen LogP contribution < -0.4 is 0 Å². The lowest BCUT2D eigenvalue weighted by molar-refractivity contribution is -0.267. The van der Waals surface area contributed by atoms with Gasteiger partial charge in [-0.15, -0.1) is 0 Å². The zero-order valence-electron chi connectivity index (χ0n) is 7.98. The SMILES string of the molecule is COOC(=O)[C@H](O)[C@@H](O)[C@H](O)[C@H](O)CO. The predicted molar refractivity (Wildman–Crippen MR) is 44.2 cm³/mol. The quantitative estimate of drug-likeness (QED) is 0.233. The average molecular weight is 226 g/mol. The van der Waals surface area contributed by atoms with E-state index in [1.54, 1.807) is 0 Å². The summed E-state index contributed by atoms with van der Waals surface area (Å²) in [5.41, 5.74) is 0. The molecule has 90 valence electrons. The molecule has 8 heteroatoms. The minimum absolute atomic E-state index is 0.829. The van der Waals surface area contributed by atoms with Gasteiger partial charge in [0.05, 0.1) is 13.7 Å². The van der Waals surface area contributed by atoms with E-state index < -0.39 is 37.0 Å². The number of rotatable bonds is 6. The average Bonchev–Trinajstić information content (AvgIpc) is 2.25. The molecule has 0 heterocycles. The minimum atomic E-state index is -2.08. The molecule has 0 rings (SSSR count). The van der Waals surface area contributed by atoms with E-state index in [1.165, 1.54) is 0 Å². The van der Waals surface area contributed by atoms with Crippen LogP contribution in [0.2, 0.25) is 0 Å². The fourth-order valence-corrected chi connectivity index (χ4v) is 0.793. The summed E-state index contributed by atoms with van der Waals surface area (Å²) in [7, 11) is 1.01. The van der Waals surface area contributed by atoms with E-state index in [1.807, 2.05) is 0 Å². The Labute approximate surface area is 85.2 Å². The van der Waals surface area contributed by atoms with Gasteiger partial charge in [0.25, 0.3) is 0 Å². The lowest BCUT2D eigenvalue weighted by atomic mass is 10.0. The molecule has 0 radical (unpaired) electrons. The molecular weight excluding hydrogens is 212 g/mol. The molecule has 0 aromatic carbocycles. The van der Waals surface area contributed by atoms with Gasteiger partial charge in [-0.1, -0.05) is 0 Å². The molecule has 0 aliphatic carbocycles. The van der Waals surface area contributed by atoms with Gasteiger partial charge in [0.2, 0.25) is 0 Å². The molecule has 0 aliphatic heterocycles. The molecule has 5 N–H and O–H groups in total. The Bertz CT molecular complexity index is 195. The Morgan fingerprint density at radius 3 is 2.13 bits per heavy atom. The molecule has 0 amide bonds. The third-order valence-corrected chi connectivity index (χ3v) is 1.66. The van der Waals surface area contributed by atoms with Crippen LogP contribution in [0.1, 0.15) is 0 Å². The molecule has 0 fully saturated rings. The Balaban J connectivity index is 4.29. The van der Waals surface area contributed by atoms with Crippen molar-refractivity contribution in [1.82, 2.24) is 0 Å². The first-order chi connectivity index (χ1) is 6.95. The summed E-state index contributed by atoms with van der Waals surface area (Å²) < 4.78 is 0. The molecule has 0 bridgehead atoms. The number of aliphatic hydroxyl groups excluding tert-OH is 5. The predicted octanol–water partition coefficient (Wildman–Crippen LogP) is -3.47. The molecule has 0 aromatic heterocycles. The van der Waals surface area contributed by atoms with Crippen LogP contribution in [0.5, 0.6) is 0 Å². The van der Waals surface area contributed by atoms with Crippen molar-refractivity contribution >= 4 is 5.97 Å². The lowest BCUT2D eigenvalue weighted by Gasteiger charge is -2.23. The monoisotopic (exact) mass is 226 g/mol. The number of hydrogen-bond donors (Lipinski definition) is 5. The van der Waals surface area contributed by atoms with Crippen LogP contribution in [0.25, 0.3) is 0 Å². The number of carbonyl (C=O) groups excluding carboxylic acids is 1. The Kier molecular flexibility index (Phi) is 6.32. The maximum Gasteiger partial charge on any atom is 0.373 e. The molecular formula is C7H14O8. The van der Waals surface area contributed by atoms with Gasteiger partial charge in [-0.05, 0) is 0 Å². The highest BCUT2D eigenvalue weighted by atomic mass is 17.2. The first-order valence-electron chi connectivity index (χ1n) is 4.03. The van der Waals surface area contributed by atoms with Crippen LogP contribution in [0.3, 0.4) is 0 Å². The fourth-order valence-electron chi connectivity index (χ4n) is 0.793. The first-order valence-corrected chi connectivity index (χ1v) is 4.03. The second-order valence-electron chi connectivity index (χ2n) is 2.74. The molecule has 15 heavy (non-hydrogen) atoms. The summed E-state index contributed by atoms with van der Waals surface area (Å²) in [5.74, 6) is -1.32. The topological polar surface area (TPSA) is 137 Å². The smallest absolute Gasteiger partial charge is 0.373 e. The van der Waals surface area contributed by atoms with Crippen molar-refractivity contribution in [2.24, 2.45) is 0 Å². The lowest BCUT2D eigenvalue weighted by Crippen LogP contribution is -2.49. The van der Waals surface area contributed by atoms with Crippen molar-refractivity contribution < 1.29 is 40.1 Å². The summed E-state index contributed by atoms with van der Waals surface area (Å²) in [6.07, 6.45) is -7.63. The van der Waals surface area contributed by atoms with Crippen molar-refractivity contribution in [2.45, 2.75) is 24.4 Å². The van der Waals surface area contributed by atoms with E-state index in [9.17, 15) is 4.79 Å². The maximum absolute atomic E-state index is 10.8. The van der Waals surface area contributed by atoms with Gasteiger partial charge in [0.15, 0.2) is 6.10 Å². The van der Waals surface area contributed by atoms with Crippen molar-refractivity contribution in [3.8, 4) is 0 Å². The van der Waals surface area contributed by atoms with E-state index in [2.05, 4.69) is 9.78 Å². The summed E-state index contributed by atoms with van der Waals surface area (Å²) in [6.45, 7) is -0.829. The second kappa shape index (κ2) is 6.67. The van der Waals surface area contributed by atoms with Crippen molar-refractivity contribution in [3.05, 3.63) is 0 Å².